The van der Waals surface area contributed by atoms with Crippen molar-refractivity contribution in [3.05, 3.63) is 0 Å². The molecule has 0 aliphatic heterocycles. The fourth-order valence-electron chi connectivity index (χ4n) is 3.84. The molecule has 190 valence electrons. The van der Waals surface area contributed by atoms with Gasteiger partial charge in [0.1, 0.15) is 0 Å². The van der Waals surface area contributed by atoms with E-state index in [2.05, 4.69) is 28.1 Å². The van der Waals surface area contributed by atoms with Gasteiger partial charge >= 0.3 is 0 Å². The van der Waals surface area contributed by atoms with Crippen molar-refractivity contribution in [3.63, 3.8) is 0 Å². The van der Waals surface area contributed by atoms with E-state index in [1.807, 2.05) is 0 Å². The summed E-state index contributed by atoms with van der Waals surface area (Å²) in [6.45, 7) is 3.63. The first-order valence-electron chi connectivity index (χ1n) is 13.0. The summed E-state index contributed by atoms with van der Waals surface area (Å²) in [6.07, 6.45) is 29.3. The molecule has 0 aliphatic carbocycles. The Kier molecular flexibility index (Phi) is 24.5. The zero-order valence-electron chi connectivity index (χ0n) is 21.3. The molecule has 0 saturated carbocycles. The maximum atomic E-state index is 8.52. The van der Waals surface area contributed by atoms with Crippen LogP contribution >= 0.6 is 0 Å². The zero-order valence-corrected chi connectivity index (χ0v) is 22.2. The highest BCUT2D eigenvalue weighted by molar-refractivity contribution is 7.79. The molecule has 0 heterocycles. The molecule has 0 bridgehead atoms. The Bertz CT molecular complexity index is 439. The minimum atomic E-state index is -5.17. The summed E-state index contributed by atoms with van der Waals surface area (Å²) in [5.74, 6) is 0. The number of rotatable bonds is 21. The van der Waals surface area contributed by atoms with Crippen molar-refractivity contribution < 1.29 is 22.0 Å². The molecule has 0 unspecified atom stereocenters. The van der Waals surface area contributed by atoms with Gasteiger partial charge in [0.25, 0.3) is 0 Å². The van der Waals surface area contributed by atoms with Crippen LogP contribution in [0.2, 0.25) is 0 Å². The average molecular weight is 465 g/mol. The summed E-state index contributed by atoms with van der Waals surface area (Å²) in [4.78, 5) is 0. The van der Waals surface area contributed by atoms with Crippen molar-refractivity contribution in [3.8, 4) is 0 Å². The lowest BCUT2D eigenvalue weighted by molar-refractivity contribution is -0.870. The van der Waals surface area contributed by atoms with Gasteiger partial charge in [-0.3, -0.25) is 8.42 Å². The molecule has 0 saturated heterocycles. The molecule has 0 aromatic carbocycles. The Labute approximate surface area is 195 Å². The fraction of sp³-hybridized carbons (Fsp3) is 1.00. The summed E-state index contributed by atoms with van der Waals surface area (Å²) in [6, 6.07) is 0. The summed E-state index contributed by atoms with van der Waals surface area (Å²) >= 11 is 0. The van der Waals surface area contributed by atoms with Gasteiger partial charge in [0, 0.05) is 10.4 Å². The van der Waals surface area contributed by atoms with Crippen molar-refractivity contribution >= 4 is 10.4 Å². The smallest absolute Gasteiger partial charge is 0.0780 e. The maximum absolute atomic E-state index is 8.52. The third-order valence-electron chi connectivity index (χ3n) is 5.68. The Morgan fingerprint density at radius 2 is 0.677 bits per heavy atom. The topological polar surface area (TPSA) is 80.3 Å². The van der Waals surface area contributed by atoms with Crippen LogP contribution in [0, 0.1) is 0 Å². The maximum Gasteiger partial charge on any atom is 0.0780 e. The van der Waals surface area contributed by atoms with E-state index in [-0.39, 0.29) is 0 Å². The van der Waals surface area contributed by atoms with Crippen molar-refractivity contribution in [1.82, 2.24) is 0 Å². The third kappa shape index (κ3) is 44.3. The Balaban J connectivity index is 0. The van der Waals surface area contributed by atoms with Crippen LogP contribution in [0.15, 0.2) is 0 Å². The second-order valence-corrected chi connectivity index (χ2v) is 11.0. The monoisotopic (exact) mass is 464 g/mol. The molecule has 0 aliphatic rings. The molecule has 0 aromatic rings. The lowest BCUT2D eigenvalue weighted by Gasteiger charge is -2.23. The van der Waals surface area contributed by atoms with Gasteiger partial charge in [-0.2, -0.15) is 0 Å². The van der Waals surface area contributed by atoms with E-state index < -0.39 is 10.4 Å². The van der Waals surface area contributed by atoms with Crippen LogP contribution in [0.1, 0.15) is 135 Å². The van der Waals surface area contributed by atoms with E-state index >= 15 is 0 Å². The lowest BCUT2D eigenvalue weighted by atomic mass is 10.0. The van der Waals surface area contributed by atoms with Gasteiger partial charge in [0.05, 0.1) is 27.7 Å². The SMILES string of the molecule is CCCCCCCCCCCCCCCCCCCCCC[N+](C)(C)C.O=S(=O)([O-])[O-]. The summed E-state index contributed by atoms with van der Waals surface area (Å²) < 4.78 is 35.2. The molecule has 6 heteroatoms. The molecule has 0 aromatic heterocycles. The molecule has 0 N–H and O–H groups in total. The Hall–Kier alpha value is -0.170. The van der Waals surface area contributed by atoms with Gasteiger partial charge in [-0.05, 0) is 12.8 Å². The lowest BCUT2D eigenvalue weighted by Crippen LogP contribution is -2.35. The molecular weight excluding hydrogens is 410 g/mol. The second-order valence-electron chi connectivity index (χ2n) is 10.1. The summed E-state index contributed by atoms with van der Waals surface area (Å²) in [5, 5.41) is 0. The number of quaternary nitrogens is 1. The van der Waals surface area contributed by atoms with Crippen LogP contribution < -0.4 is 0 Å². The van der Waals surface area contributed by atoms with Crippen LogP contribution in [-0.2, 0) is 10.4 Å². The first kappa shape index (κ1) is 33.0. The predicted octanol–water partition coefficient (Wildman–Crippen LogP) is 7.18. The van der Waals surface area contributed by atoms with Crippen LogP contribution in [0.5, 0.6) is 0 Å². The van der Waals surface area contributed by atoms with Gasteiger partial charge in [-0.25, -0.2) is 0 Å². The molecule has 31 heavy (non-hydrogen) atoms. The number of unbranched alkanes of at least 4 members (excludes halogenated alkanes) is 19. The van der Waals surface area contributed by atoms with Crippen LogP contribution in [-0.4, -0.2) is 49.7 Å². The summed E-state index contributed by atoms with van der Waals surface area (Å²) in [7, 11) is 1.74. The highest BCUT2D eigenvalue weighted by Gasteiger charge is 2.04. The second kappa shape index (κ2) is 23.0. The van der Waals surface area contributed by atoms with Crippen molar-refractivity contribution in [2.45, 2.75) is 135 Å². The van der Waals surface area contributed by atoms with Crippen molar-refractivity contribution in [2.24, 2.45) is 0 Å². The molecule has 0 radical (unpaired) electrons. The fourth-order valence-corrected chi connectivity index (χ4v) is 3.84. The van der Waals surface area contributed by atoms with Crippen molar-refractivity contribution in [1.29, 1.82) is 0 Å². The van der Waals surface area contributed by atoms with Gasteiger partial charge < -0.3 is 13.6 Å². The van der Waals surface area contributed by atoms with Crippen LogP contribution in [0.25, 0.3) is 0 Å². The summed E-state index contributed by atoms with van der Waals surface area (Å²) in [5.41, 5.74) is 0. The standard InChI is InChI=1S/C25H54N.H2O4S/c1-5-6-7-8-9-10-11-12-13-14-15-16-17-18-19-20-21-22-23-24-25-26(2,3)4;1-5(2,3)4/h5-25H2,1-4H3;(H2,1,2,3,4)/q+1;/p-2. The van der Waals surface area contributed by atoms with Gasteiger partial charge in [-0.15, -0.1) is 0 Å². The van der Waals surface area contributed by atoms with Crippen molar-refractivity contribution in [2.75, 3.05) is 27.7 Å². The quantitative estimate of drug-likeness (QED) is 0.0780. The largest absolute Gasteiger partial charge is 0.759 e. The molecule has 0 amide bonds. The molecule has 0 fully saturated rings. The molecule has 0 rings (SSSR count). The first-order valence-corrected chi connectivity index (χ1v) is 14.4. The molecule has 0 atom stereocenters. The minimum Gasteiger partial charge on any atom is -0.759 e. The van der Waals surface area contributed by atoms with Gasteiger partial charge in [-0.1, -0.05) is 122 Å². The van der Waals surface area contributed by atoms with Crippen LogP contribution in [0.4, 0.5) is 0 Å². The zero-order chi connectivity index (χ0) is 23.8. The van der Waals surface area contributed by atoms with E-state index in [9.17, 15) is 0 Å². The first-order chi connectivity index (χ1) is 14.6. The molecule has 5 nitrogen and oxygen atoms in total. The molecular formula is C25H54NO4S-. The normalized spacial score (nSPS) is 11.9. The van der Waals surface area contributed by atoms with E-state index in [0.717, 1.165) is 4.48 Å². The minimum absolute atomic E-state index is 1.12. The van der Waals surface area contributed by atoms with Gasteiger partial charge in [0.15, 0.2) is 0 Å². The predicted molar refractivity (Wildman–Crippen MR) is 131 cm³/mol. The third-order valence-corrected chi connectivity index (χ3v) is 5.68. The van der Waals surface area contributed by atoms with E-state index in [0.29, 0.717) is 0 Å². The van der Waals surface area contributed by atoms with Crippen LogP contribution in [0.3, 0.4) is 0 Å². The van der Waals surface area contributed by atoms with E-state index in [1.165, 1.54) is 135 Å². The van der Waals surface area contributed by atoms with Gasteiger partial charge in [0.2, 0.25) is 0 Å². The van der Waals surface area contributed by atoms with E-state index in [4.69, 9.17) is 17.5 Å². The molecule has 0 spiro atoms. The highest BCUT2D eigenvalue weighted by Crippen LogP contribution is 2.14. The average Bonchev–Trinajstić information content (AvgIpc) is 2.64. The number of nitrogens with zero attached hydrogens (tertiary/aromatic N) is 1. The number of hydrogen-bond acceptors (Lipinski definition) is 4. The number of hydrogen-bond donors (Lipinski definition) is 0. The highest BCUT2D eigenvalue weighted by atomic mass is 32.3. The van der Waals surface area contributed by atoms with E-state index in [1.54, 1.807) is 0 Å². The Morgan fingerprint density at radius 3 is 0.871 bits per heavy atom. The Morgan fingerprint density at radius 1 is 0.484 bits per heavy atom.